The molecule has 0 saturated heterocycles. The van der Waals surface area contributed by atoms with Crippen LogP contribution in [0.15, 0.2) is 0 Å². The number of nitrogens with zero attached hydrogens (tertiary/aromatic N) is 1. The van der Waals surface area contributed by atoms with Crippen LogP contribution in [-0.2, 0) is 8.98 Å². The van der Waals surface area contributed by atoms with Gasteiger partial charge in [-0.2, -0.15) is 5.26 Å². The largest absolute Gasteiger partial charge is 0.394 e. The summed E-state index contributed by atoms with van der Waals surface area (Å²) >= 11 is 3.15. The number of hydrogen-bond donors (Lipinski definition) is 1. The minimum Gasteiger partial charge on any atom is -0.394 e. The Kier molecular flexibility index (Phi) is 3.15. The fourth-order valence-corrected chi connectivity index (χ4v) is 0.161. The van der Waals surface area contributed by atoms with Gasteiger partial charge in [-0.3, -0.25) is 0 Å². The standard InChI is InChI=1S/C3H3NO2S/c4-2-1-3(5)6-7/h7H,1H2. The van der Waals surface area contributed by atoms with Gasteiger partial charge in [0.15, 0.2) is 0 Å². The molecule has 0 aromatic carbocycles. The Morgan fingerprint density at radius 3 is 2.71 bits per heavy atom. The van der Waals surface area contributed by atoms with E-state index in [4.69, 9.17) is 5.26 Å². The van der Waals surface area contributed by atoms with Crippen LogP contribution >= 0.6 is 12.9 Å². The predicted molar refractivity (Wildman–Crippen MR) is 25.3 cm³/mol. The van der Waals surface area contributed by atoms with Gasteiger partial charge in [0.2, 0.25) is 0 Å². The van der Waals surface area contributed by atoms with E-state index in [9.17, 15) is 4.79 Å². The molecule has 4 heteroatoms. The summed E-state index contributed by atoms with van der Waals surface area (Å²) in [6.07, 6.45) is -0.233. The Hall–Kier alpha value is -0.690. The lowest BCUT2D eigenvalue weighted by Crippen LogP contribution is -1.92. The first-order chi connectivity index (χ1) is 3.31. The highest BCUT2D eigenvalue weighted by atomic mass is 32.1. The molecule has 0 saturated carbocycles. The van der Waals surface area contributed by atoms with E-state index in [0.717, 1.165) is 0 Å². The molecular weight excluding hydrogens is 114 g/mol. The summed E-state index contributed by atoms with van der Waals surface area (Å²) in [5, 5.41) is 7.78. The van der Waals surface area contributed by atoms with Crippen molar-refractivity contribution in [1.29, 1.82) is 5.26 Å². The van der Waals surface area contributed by atoms with Crippen molar-refractivity contribution in [2.45, 2.75) is 6.42 Å². The molecular formula is C3H3NO2S. The Bertz CT molecular complexity index is 106. The third-order valence-electron chi connectivity index (χ3n) is 0.325. The number of hydrogen-bond acceptors (Lipinski definition) is 4. The molecule has 0 aliphatic rings. The number of carbonyl (C=O) groups excluding carboxylic acids is 1. The molecule has 3 nitrogen and oxygen atoms in total. The zero-order valence-corrected chi connectivity index (χ0v) is 4.31. The SMILES string of the molecule is N#CCC(=O)OS. The molecule has 38 valence electrons. The van der Waals surface area contributed by atoms with Crippen molar-refractivity contribution in [2.75, 3.05) is 0 Å². The molecule has 0 fully saturated rings. The van der Waals surface area contributed by atoms with Crippen molar-refractivity contribution < 1.29 is 8.98 Å². The average molecular weight is 117 g/mol. The maximum absolute atomic E-state index is 9.89. The van der Waals surface area contributed by atoms with E-state index in [1.165, 1.54) is 0 Å². The van der Waals surface area contributed by atoms with Gasteiger partial charge >= 0.3 is 5.97 Å². The Morgan fingerprint density at radius 1 is 2.00 bits per heavy atom. The maximum atomic E-state index is 9.89. The van der Waals surface area contributed by atoms with E-state index in [0.29, 0.717) is 0 Å². The second kappa shape index (κ2) is 3.50. The van der Waals surface area contributed by atoms with Crippen LogP contribution in [0.25, 0.3) is 0 Å². The Balaban J connectivity index is 3.23. The first kappa shape index (κ1) is 6.31. The molecule has 0 aliphatic carbocycles. The lowest BCUT2D eigenvalue weighted by atomic mass is 10.5. The van der Waals surface area contributed by atoms with Gasteiger partial charge in [-0.15, -0.1) is 0 Å². The van der Waals surface area contributed by atoms with Crippen LogP contribution in [0.2, 0.25) is 0 Å². The second-order valence-corrected chi connectivity index (χ2v) is 0.981. The monoisotopic (exact) mass is 117 g/mol. The van der Waals surface area contributed by atoms with Gasteiger partial charge in [0.25, 0.3) is 0 Å². The van der Waals surface area contributed by atoms with E-state index in [1.54, 1.807) is 6.07 Å². The van der Waals surface area contributed by atoms with Gasteiger partial charge < -0.3 is 4.18 Å². The summed E-state index contributed by atoms with van der Waals surface area (Å²) in [5.41, 5.74) is 0. The van der Waals surface area contributed by atoms with Gasteiger partial charge in [0.1, 0.15) is 6.42 Å². The minimum absolute atomic E-state index is 0.233. The van der Waals surface area contributed by atoms with E-state index in [2.05, 4.69) is 17.1 Å². The van der Waals surface area contributed by atoms with Crippen molar-refractivity contribution >= 4 is 18.9 Å². The van der Waals surface area contributed by atoms with Gasteiger partial charge in [0, 0.05) is 12.9 Å². The molecule has 0 aromatic rings. The van der Waals surface area contributed by atoms with Gasteiger partial charge in [0.05, 0.1) is 6.07 Å². The van der Waals surface area contributed by atoms with Gasteiger partial charge in [-0.05, 0) is 0 Å². The number of thiol groups is 1. The smallest absolute Gasteiger partial charge is 0.331 e. The quantitative estimate of drug-likeness (QED) is 0.396. The molecule has 0 aliphatic heterocycles. The molecule has 0 N–H and O–H groups in total. The van der Waals surface area contributed by atoms with Gasteiger partial charge in [-0.1, -0.05) is 0 Å². The summed E-state index contributed by atoms with van der Waals surface area (Å²) in [7, 11) is 0. The average Bonchev–Trinajstić information content (AvgIpc) is 1.68. The van der Waals surface area contributed by atoms with Crippen molar-refractivity contribution in [3.8, 4) is 6.07 Å². The van der Waals surface area contributed by atoms with E-state index < -0.39 is 5.97 Å². The fraction of sp³-hybridized carbons (Fsp3) is 0.333. The number of rotatable bonds is 1. The third kappa shape index (κ3) is 3.13. The summed E-state index contributed by atoms with van der Waals surface area (Å²) in [5.74, 6) is -0.620. The summed E-state index contributed by atoms with van der Waals surface area (Å²) in [6, 6.07) is 1.59. The highest BCUT2D eigenvalue weighted by molar-refractivity contribution is 7.75. The van der Waals surface area contributed by atoms with Crippen LogP contribution in [0.4, 0.5) is 0 Å². The molecule has 7 heavy (non-hydrogen) atoms. The van der Waals surface area contributed by atoms with Crippen molar-refractivity contribution in [2.24, 2.45) is 0 Å². The van der Waals surface area contributed by atoms with Crippen LogP contribution < -0.4 is 0 Å². The van der Waals surface area contributed by atoms with E-state index >= 15 is 0 Å². The summed E-state index contributed by atoms with van der Waals surface area (Å²) in [4.78, 5) is 9.89. The molecule has 0 unspecified atom stereocenters. The predicted octanol–water partition coefficient (Wildman–Crippen LogP) is 0.288. The Morgan fingerprint density at radius 2 is 2.57 bits per heavy atom. The third-order valence-corrected chi connectivity index (χ3v) is 0.529. The second-order valence-electron chi connectivity index (χ2n) is 0.798. The lowest BCUT2D eigenvalue weighted by Gasteiger charge is -1.83. The van der Waals surface area contributed by atoms with E-state index in [1.807, 2.05) is 0 Å². The molecule has 0 bridgehead atoms. The normalized spacial score (nSPS) is 6.86. The zero-order valence-electron chi connectivity index (χ0n) is 3.42. The molecule has 0 spiro atoms. The molecule has 0 atom stereocenters. The minimum atomic E-state index is -0.620. The van der Waals surface area contributed by atoms with Crippen LogP contribution in [0.3, 0.4) is 0 Å². The van der Waals surface area contributed by atoms with Crippen molar-refractivity contribution in [3.63, 3.8) is 0 Å². The first-order valence-corrected chi connectivity index (χ1v) is 1.89. The number of nitriles is 1. The number of carbonyl (C=O) groups is 1. The highest BCUT2D eigenvalue weighted by Gasteiger charge is 1.94. The fourth-order valence-electron chi connectivity index (χ4n) is 0.0968. The van der Waals surface area contributed by atoms with Crippen molar-refractivity contribution in [3.05, 3.63) is 0 Å². The van der Waals surface area contributed by atoms with Crippen LogP contribution in [0.1, 0.15) is 6.42 Å². The Labute approximate surface area is 46.5 Å². The van der Waals surface area contributed by atoms with Crippen LogP contribution in [0.5, 0.6) is 0 Å². The molecule has 0 rings (SSSR count). The summed E-state index contributed by atoms with van der Waals surface area (Å²) < 4.78 is 3.82. The van der Waals surface area contributed by atoms with Crippen LogP contribution in [0, 0.1) is 11.3 Å². The first-order valence-electron chi connectivity index (χ1n) is 1.52. The molecule has 0 aromatic heterocycles. The van der Waals surface area contributed by atoms with Gasteiger partial charge in [-0.25, -0.2) is 4.79 Å². The topological polar surface area (TPSA) is 50.1 Å². The van der Waals surface area contributed by atoms with Crippen LogP contribution in [-0.4, -0.2) is 5.97 Å². The van der Waals surface area contributed by atoms with E-state index in [-0.39, 0.29) is 6.42 Å². The summed E-state index contributed by atoms with van der Waals surface area (Å²) in [6.45, 7) is 0. The lowest BCUT2D eigenvalue weighted by molar-refractivity contribution is -0.131. The molecule has 0 amide bonds. The zero-order chi connectivity index (χ0) is 5.70. The molecule has 0 radical (unpaired) electrons. The molecule has 0 heterocycles. The maximum Gasteiger partial charge on any atom is 0.331 e. The van der Waals surface area contributed by atoms with Crippen molar-refractivity contribution in [1.82, 2.24) is 0 Å². The highest BCUT2D eigenvalue weighted by Crippen LogP contribution is 1.84.